The average molecular weight is 475 g/mol. The normalized spacial score (nSPS) is 11.7. The number of aryl methyl sites for hydroxylation is 3. The van der Waals surface area contributed by atoms with E-state index in [0.717, 1.165) is 32.9 Å². The van der Waals surface area contributed by atoms with Crippen LogP contribution in [0, 0.1) is 20.8 Å². The molecule has 0 radical (unpaired) electrons. The van der Waals surface area contributed by atoms with Crippen molar-refractivity contribution >= 4 is 29.3 Å². The SMILES string of the molecule is COc1cc(OC)c(Pc2cccc(S(=O)(=O)O)c2-c2c(C)cc(C)cc2C)c(OC)c1. The van der Waals surface area contributed by atoms with Crippen molar-refractivity contribution in [2.45, 2.75) is 25.7 Å². The smallest absolute Gasteiger partial charge is 0.295 e. The van der Waals surface area contributed by atoms with Crippen LogP contribution in [-0.2, 0) is 10.1 Å². The molecule has 0 aliphatic heterocycles. The van der Waals surface area contributed by atoms with Crippen LogP contribution in [-0.4, -0.2) is 34.3 Å². The molecule has 1 N–H and O–H groups in total. The summed E-state index contributed by atoms with van der Waals surface area (Å²) < 4.78 is 51.2. The standard InChI is InChI=1S/C24H27O6PS/c1-14-10-15(2)22(16(3)11-14)23-20(8-7-9-21(23)32(25,26)27)31-24-18(29-5)12-17(28-4)13-19(24)30-6/h7-13,31H,1-6H3,(H,25,26,27). The molecule has 0 heterocycles. The molecule has 0 spiro atoms. The minimum atomic E-state index is -4.46. The van der Waals surface area contributed by atoms with Crippen LogP contribution in [0.3, 0.4) is 0 Å². The highest BCUT2D eigenvalue weighted by molar-refractivity contribution is 7.86. The molecule has 3 aromatic rings. The zero-order valence-electron chi connectivity index (χ0n) is 18.9. The number of hydrogen-bond donors (Lipinski definition) is 1. The van der Waals surface area contributed by atoms with E-state index in [4.69, 9.17) is 14.2 Å². The fourth-order valence-corrected chi connectivity index (χ4v) is 6.19. The molecule has 6 nitrogen and oxygen atoms in total. The minimum Gasteiger partial charge on any atom is -0.496 e. The third-order valence-electron chi connectivity index (χ3n) is 5.21. The summed E-state index contributed by atoms with van der Waals surface area (Å²) in [6.45, 7) is 5.88. The fraction of sp³-hybridized carbons (Fsp3) is 0.250. The first-order chi connectivity index (χ1) is 15.1. The maximum atomic E-state index is 12.3. The highest BCUT2D eigenvalue weighted by Gasteiger charge is 2.24. The number of rotatable bonds is 7. The van der Waals surface area contributed by atoms with E-state index in [9.17, 15) is 13.0 Å². The van der Waals surface area contributed by atoms with Crippen molar-refractivity contribution in [3.63, 3.8) is 0 Å². The summed E-state index contributed by atoms with van der Waals surface area (Å²) in [7, 11) is 0.220. The monoisotopic (exact) mass is 474 g/mol. The summed E-state index contributed by atoms with van der Waals surface area (Å²) in [5.74, 6) is 1.73. The molecule has 3 aromatic carbocycles. The van der Waals surface area contributed by atoms with Gasteiger partial charge in [-0.15, -0.1) is 0 Å². The van der Waals surface area contributed by atoms with Crippen LogP contribution in [0.4, 0.5) is 0 Å². The van der Waals surface area contributed by atoms with E-state index < -0.39 is 10.1 Å². The highest BCUT2D eigenvalue weighted by atomic mass is 32.2. The van der Waals surface area contributed by atoms with Crippen LogP contribution in [0.1, 0.15) is 16.7 Å². The maximum absolute atomic E-state index is 12.3. The Kier molecular flexibility index (Phi) is 7.13. The van der Waals surface area contributed by atoms with Crippen molar-refractivity contribution in [3.05, 3.63) is 59.2 Å². The minimum absolute atomic E-state index is 0.00551. The van der Waals surface area contributed by atoms with Gasteiger partial charge in [-0.05, 0) is 48.8 Å². The van der Waals surface area contributed by atoms with E-state index >= 15 is 0 Å². The van der Waals surface area contributed by atoms with Gasteiger partial charge in [-0.2, -0.15) is 8.42 Å². The molecular formula is C24H27O6PS. The molecule has 0 saturated carbocycles. The summed E-state index contributed by atoms with van der Waals surface area (Å²) in [6, 6.07) is 12.5. The fourth-order valence-electron chi connectivity index (χ4n) is 3.95. The van der Waals surface area contributed by atoms with E-state index in [1.54, 1.807) is 39.5 Å². The predicted octanol–water partition coefficient (Wildman–Crippen LogP) is 4.18. The first-order valence-corrected chi connectivity index (χ1v) is 12.3. The van der Waals surface area contributed by atoms with Gasteiger partial charge >= 0.3 is 0 Å². The van der Waals surface area contributed by atoms with Crippen LogP contribution in [0.25, 0.3) is 11.1 Å². The van der Waals surface area contributed by atoms with Crippen molar-refractivity contribution in [2.24, 2.45) is 0 Å². The van der Waals surface area contributed by atoms with Gasteiger partial charge in [0.2, 0.25) is 0 Å². The van der Waals surface area contributed by atoms with Crippen LogP contribution in [0.15, 0.2) is 47.4 Å². The molecule has 0 aliphatic carbocycles. The number of ether oxygens (including phenoxy) is 3. The van der Waals surface area contributed by atoms with Crippen LogP contribution in [0.2, 0.25) is 0 Å². The highest BCUT2D eigenvalue weighted by Crippen LogP contribution is 2.38. The zero-order valence-corrected chi connectivity index (χ0v) is 20.8. The summed E-state index contributed by atoms with van der Waals surface area (Å²) in [4.78, 5) is -0.121. The van der Waals surface area contributed by atoms with E-state index in [1.807, 2.05) is 39.0 Å². The van der Waals surface area contributed by atoms with Gasteiger partial charge in [0.1, 0.15) is 22.1 Å². The molecule has 0 amide bonds. The third kappa shape index (κ3) is 4.75. The lowest BCUT2D eigenvalue weighted by Crippen LogP contribution is -2.15. The summed E-state index contributed by atoms with van der Waals surface area (Å²) in [6.07, 6.45) is 0. The molecule has 0 aliphatic rings. The Morgan fingerprint density at radius 1 is 0.812 bits per heavy atom. The largest absolute Gasteiger partial charge is 0.496 e. The number of methoxy groups -OCH3 is 3. The van der Waals surface area contributed by atoms with E-state index in [2.05, 4.69) is 0 Å². The molecule has 0 fully saturated rings. The first kappa shape index (κ1) is 24.1. The van der Waals surface area contributed by atoms with Crippen LogP contribution in [0.5, 0.6) is 17.2 Å². The quantitative estimate of drug-likeness (QED) is 0.409. The average Bonchev–Trinajstić information content (AvgIpc) is 2.73. The van der Waals surface area contributed by atoms with E-state index in [-0.39, 0.29) is 13.5 Å². The number of benzene rings is 3. The van der Waals surface area contributed by atoms with Gasteiger partial charge in [-0.1, -0.05) is 38.4 Å². The summed E-state index contributed by atoms with van der Waals surface area (Å²) in [5.41, 5.74) is 4.22. The van der Waals surface area contributed by atoms with Crippen molar-refractivity contribution in [3.8, 4) is 28.4 Å². The van der Waals surface area contributed by atoms with Gasteiger partial charge in [-0.3, -0.25) is 4.55 Å². The molecule has 1 unspecified atom stereocenters. The Bertz CT molecular complexity index is 1220. The summed E-state index contributed by atoms with van der Waals surface area (Å²) in [5, 5.41) is 1.52. The second kappa shape index (κ2) is 9.49. The van der Waals surface area contributed by atoms with Crippen molar-refractivity contribution in [1.29, 1.82) is 0 Å². The molecule has 0 bridgehead atoms. The van der Waals surface area contributed by atoms with Crippen molar-refractivity contribution in [1.82, 2.24) is 0 Å². The molecule has 0 aromatic heterocycles. The maximum Gasteiger partial charge on any atom is 0.295 e. The van der Waals surface area contributed by atoms with Gasteiger partial charge in [0, 0.05) is 17.7 Å². The Balaban J connectivity index is 2.34. The lowest BCUT2D eigenvalue weighted by atomic mass is 9.94. The summed E-state index contributed by atoms with van der Waals surface area (Å²) >= 11 is 0. The third-order valence-corrected chi connectivity index (χ3v) is 7.53. The number of hydrogen-bond acceptors (Lipinski definition) is 5. The van der Waals surface area contributed by atoms with Gasteiger partial charge in [0.15, 0.2) is 0 Å². The molecule has 32 heavy (non-hydrogen) atoms. The predicted molar refractivity (Wildman–Crippen MR) is 130 cm³/mol. The van der Waals surface area contributed by atoms with Gasteiger partial charge < -0.3 is 14.2 Å². The Morgan fingerprint density at radius 3 is 1.84 bits per heavy atom. The molecule has 0 saturated heterocycles. The van der Waals surface area contributed by atoms with Crippen molar-refractivity contribution < 1.29 is 27.2 Å². The van der Waals surface area contributed by atoms with Crippen LogP contribution < -0.4 is 24.8 Å². The molecule has 170 valence electrons. The van der Waals surface area contributed by atoms with E-state index in [1.165, 1.54) is 6.07 Å². The topological polar surface area (TPSA) is 82.1 Å². The van der Waals surface area contributed by atoms with E-state index in [0.29, 0.717) is 22.8 Å². The lowest BCUT2D eigenvalue weighted by Gasteiger charge is -2.20. The zero-order chi connectivity index (χ0) is 23.6. The Labute approximate surface area is 191 Å². The Morgan fingerprint density at radius 2 is 1.38 bits per heavy atom. The molecule has 3 rings (SSSR count). The van der Waals surface area contributed by atoms with Crippen molar-refractivity contribution in [2.75, 3.05) is 21.3 Å². The first-order valence-electron chi connectivity index (χ1n) is 9.86. The molecule has 1 atom stereocenters. The second-order valence-corrected chi connectivity index (χ2v) is 10.1. The molecular weight excluding hydrogens is 447 g/mol. The van der Waals surface area contributed by atoms with Gasteiger partial charge in [-0.25, -0.2) is 0 Å². The lowest BCUT2D eigenvalue weighted by molar-refractivity contribution is 0.380. The molecule has 8 heteroatoms. The van der Waals surface area contributed by atoms with Gasteiger partial charge in [0.25, 0.3) is 10.1 Å². The second-order valence-electron chi connectivity index (χ2n) is 7.46. The Hall–Kier alpha value is -2.60. The van der Waals surface area contributed by atoms with Gasteiger partial charge in [0.05, 0.1) is 26.6 Å². The van der Waals surface area contributed by atoms with Crippen LogP contribution >= 0.6 is 8.58 Å².